The molecule has 1 fully saturated rings. The maximum absolute atomic E-state index is 10.1. The molecule has 1 saturated carbocycles. The summed E-state index contributed by atoms with van der Waals surface area (Å²) in [4.78, 5) is 10.1. The number of carbonyl (C=O) groups excluding carboxylic acids is 1. The van der Waals surface area contributed by atoms with Gasteiger partial charge in [0.05, 0.1) is 0 Å². The predicted molar refractivity (Wildman–Crippen MR) is 41.5 cm³/mol. The molecule has 0 bridgehead atoms. The second-order valence-corrected chi connectivity index (χ2v) is 3.21. The Hall–Kier alpha value is -0.330. The topological polar surface area (TPSA) is 17.1 Å². The second-order valence-electron chi connectivity index (χ2n) is 3.21. The van der Waals surface area contributed by atoms with Crippen molar-refractivity contribution in [3.05, 3.63) is 0 Å². The molecular formula is C9H15O. The molecule has 0 unspecified atom stereocenters. The van der Waals surface area contributed by atoms with Crippen molar-refractivity contribution >= 4 is 6.29 Å². The molecule has 0 N–H and O–H groups in total. The molecule has 1 rings (SSSR count). The van der Waals surface area contributed by atoms with Gasteiger partial charge in [0.2, 0.25) is 0 Å². The van der Waals surface area contributed by atoms with Gasteiger partial charge in [-0.15, -0.1) is 0 Å². The Kier molecular flexibility index (Phi) is 3.48. The molecule has 0 heterocycles. The summed E-state index contributed by atoms with van der Waals surface area (Å²) in [6.07, 6.45) is 10.6. The van der Waals surface area contributed by atoms with E-state index in [0.29, 0.717) is 12.3 Å². The number of hydrogen-bond donors (Lipinski definition) is 0. The van der Waals surface area contributed by atoms with Gasteiger partial charge in [0, 0.05) is 6.42 Å². The fourth-order valence-corrected chi connectivity index (χ4v) is 1.69. The maximum atomic E-state index is 10.1. The van der Waals surface area contributed by atoms with Gasteiger partial charge in [0.25, 0.3) is 0 Å². The Balaban J connectivity index is 2.21. The summed E-state index contributed by atoms with van der Waals surface area (Å²) in [5.41, 5.74) is 0. The molecule has 0 aromatic carbocycles. The van der Waals surface area contributed by atoms with E-state index in [-0.39, 0.29) is 0 Å². The SMILES string of the molecule is O=[C]CC1CCCCCC1. The van der Waals surface area contributed by atoms with Gasteiger partial charge in [-0.1, -0.05) is 38.5 Å². The Morgan fingerprint density at radius 3 is 2.20 bits per heavy atom. The molecule has 10 heavy (non-hydrogen) atoms. The Labute approximate surface area is 62.8 Å². The number of hydrogen-bond acceptors (Lipinski definition) is 1. The van der Waals surface area contributed by atoms with Crippen LogP contribution in [-0.4, -0.2) is 6.29 Å². The summed E-state index contributed by atoms with van der Waals surface area (Å²) < 4.78 is 0. The zero-order chi connectivity index (χ0) is 7.23. The molecule has 1 heteroatoms. The normalized spacial score (nSPS) is 22.0. The van der Waals surface area contributed by atoms with Gasteiger partial charge in [-0.2, -0.15) is 0 Å². The first-order valence-electron chi connectivity index (χ1n) is 4.28. The lowest BCUT2D eigenvalue weighted by atomic mass is 9.98. The van der Waals surface area contributed by atoms with Crippen molar-refractivity contribution in [2.75, 3.05) is 0 Å². The van der Waals surface area contributed by atoms with Crippen LogP contribution in [0.15, 0.2) is 0 Å². The van der Waals surface area contributed by atoms with Crippen molar-refractivity contribution in [2.45, 2.75) is 44.9 Å². The Bertz CT molecular complexity index is 90.9. The van der Waals surface area contributed by atoms with Gasteiger partial charge >= 0.3 is 0 Å². The quantitative estimate of drug-likeness (QED) is 0.537. The van der Waals surface area contributed by atoms with Crippen LogP contribution in [0.2, 0.25) is 0 Å². The van der Waals surface area contributed by atoms with Crippen molar-refractivity contribution in [1.82, 2.24) is 0 Å². The van der Waals surface area contributed by atoms with E-state index in [4.69, 9.17) is 0 Å². The van der Waals surface area contributed by atoms with Crippen molar-refractivity contribution in [2.24, 2.45) is 5.92 Å². The van der Waals surface area contributed by atoms with Crippen molar-refractivity contribution in [3.8, 4) is 0 Å². The molecule has 0 aliphatic heterocycles. The van der Waals surface area contributed by atoms with Gasteiger partial charge in [-0.05, 0) is 5.92 Å². The van der Waals surface area contributed by atoms with E-state index in [2.05, 4.69) is 0 Å². The Morgan fingerprint density at radius 1 is 1.10 bits per heavy atom. The molecule has 0 amide bonds. The summed E-state index contributed by atoms with van der Waals surface area (Å²) in [6.45, 7) is 0. The monoisotopic (exact) mass is 139 g/mol. The van der Waals surface area contributed by atoms with Crippen LogP contribution >= 0.6 is 0 Å². The minimum absolute atomic E-state index is 0.667. The van der Waals surface area contributed by atoms with Crippen LogP contribution in [0.3, 0.4) is 0 Å². The highest BCUT2D eigenvalue weighted by Gasteiger charge is 2.10. The van der Waals surface area contributed by atoms with Gasteiger partial charge < -0.3 is 0 Å². The molecule has 1 nitrogen and oxygen atoms in total. The third-order valence-corrected chi connectivity index (χ3v) is 2.35. The molecule has 1 aliphatic carbocycles. The largest absolute Gasteiger partial charge is 0.291 e. The lowest BCUT2D eigenvalue weighted by Crippen LogP contribution is -1.98. The van der Waals surface area contributed by atoms with Crippen molar-refractivity contribution < 1.29 is 4.79 Å². The highest BCUT2D eigenvalue weighted by atomic mass is 16.1. The van der Waals surface area contributed by atoms with E-state index in [9.17, 15) is 4.79 Å². The highest BCUT2D eigenvalue weighted by Crippen LogP contribution is 2.24. The fourth-order valence-electron chi connectivity index (χ4n) is 1.69. The summed E-state index contributed by atoms with van der Waals surface area (Å²) in [5.74, 6) is 0.667. The van der Waals surface area contributed by atoms with Crippen LogP contribution in [0, 0.1) is 5.92 Å². The fraction of sp³-hybridized carbons (Fsp3) is 0.889. The average Bonchev–Trinajstić information content (AvgIpc) is 2.17. The Morgan fingerprint density at radius 2 is 1.70 bits per heavy atom. The molecular weight excluding hydrogens is 124 g/mol. The van der Waals surface area contributed by atoms with E-state index < -0.39 is 0 Å². The summed E-state index contributed by atoms with van der Waals surface area (Å²) >= 11 is 0. The van der Waals surface area contributed by atoms with Gasteiger partial charge in [0.15, 0.2) is 6.29 Å². The van der Waals surface area contributed by atoms with Crippen LogP contribution < -0.4 is 0 Å². The lowest BCUT2D eigenvalue weighted by Gasteiger charge is -2.07. The first kappa shape index (κ1) is 7.77. The van der Waals surface area contributed by atoms with Gasteiger partial charge in [0.1, 0.15) is 0 Å². The smallest absolute Gasteiger partial charge is 0.198 e. The number of rotatable bonds is 2. The van der Waals surface area contributed by atoms with Crippen LogP contribution in [0.5, 0.6) is 0 Å². The van der Waals surface area contributed by atoms with Crippen molar-refractivity contribution in [1.29, 1.82) is 0 Å². The minimum atomic E-state index is 0.667. The van der Waals surface area contributed by atoms with Crippen LogP contribution in [-0.2, 0) is 4.79 Å². The first-order valence-corrected chi connectivity index (χ1v) is 4.28. The molecule has 1 aliphatic rings. The summed E-state index contributed by atoms with van der Waals surface area (Å²) in [6, 6.07) is 0. The molecule has 0 spiro atoms. The van der Waals surface area contributed by atoms with E-state index in [1.807, 2.05) is 6.29 Å². The van der Waals surface area contributed by atoms with E-state index in [0.717, 1.165) is 0 Å². The highest BCUT2D eigenvalue weighted by molar-refractivity contribution is 5.50. The summed E-state index contributed by atoms with van der Waals surface area (Å²) in [5, 5.41) is 0. The minimum Gasteiger partial charge on any atom is -0.291 e. The van der Waals surface area contributed by atoms with Crippen LogP contribution in [0.1, 0.15) is 44.9 Å². The lowest BCUT2D eigenvalue weighted by molar-refractivity contribution is 0.456. The van der Waals surface area contributed by atoms with E-state index in [1.54, 1.807) is 0 Å². The van der Waals surface area contributed by atoms with Gasteiger partial charge in [-0.3, -0.25) is 4.79 Å². The van der Waals surface area contributed by atoms with Crippen molar-refractivity contribution in [3.63, 3.8) is 0 Å². The van der Waals surface area contributed by atoms with Crippen LogP contribution in [0.25, 0.3) is 0 Å². The zero-order valence-electron chi connectivity index (χ0n) is 6.44. The standard InChI is InChI=1S/C9H15O/c10-8-7-9-5-3-1-2-4-6-9/h9H,1-7H2. The summed E-state index contributed by atoms with van der Waals surface area (Å²) in [7, 11) is 0. The predicted octanol–water partition coefficient (Wildman–Crippen LogP) is 2.46. The van der Waals surface area contributed by atoms with Gasteiger partial charge in [-0.25, -0.2) is 0 Å². The molecule has 0 aromatic rings. The third kappa shape index (κ3) is 2.51. The second kappa shape index (κ2) is 4.48. The maximum Gasteiger partial charge on any atom is 0.198 e. The zero-order valence-corrected chi connectivity index (χ0v) is 6.44. The average molecular weight is 139 g/mol. The van der Waals surface area contributed by atoms with E-state index >= 15 is 0 Å². The molecule has 57 valence electrons. The van der Waals surface area contributed by atoms with Crippen LogP contribution in [0.4, 0.5) is 0 Å². The molecule has 0 aromatic heterocycles. The molecule has 0 atom stereocenters. The van der Waals surface area contributed by atoms with E-state index in [1.165, 1.54) is 38.5 Å². The molecule has 0 saturated heterocycles. The molecule has 1 radical (unpaired) electrons. The third-order valence-electron chi connectivity index (χ3n) is 2.35. The first-order chi connectivity index (χ1) is 4.93.